The van der Waals surface area contributed by atoms with Crippen LogP contribution >= 0.6 is 0 Å². The van der Waals surface area contributed by atoms with Crippen molar-refractivity contribution in [1.82, 2.24) is 0 Å². The summed E-state index contributed by atoms with van der Waals surface area (Å²) in [4.78, 5) is 34.7. The molecule has 4 aliphatic rings. The predicted molar refractivity (Wildman–Crippen MR) is 146 cm³/mol. The molecule has 1 aromatic heterocycles. The molecule has 216 valence electrons. The van der Waals surface area contributed by atoms with Gasteiger partial charge in [0.15, 0.2) is 0 Å². The van der Waals surface area contributed by atoms with E-state index in [4.69, 9.17) is 14.3 Å². The van der Waals surface area contributed by atoms with E-state index >= 15 is 0 Å². The fourth-order valence-electron chi connectivity index (χ4n) is 9.54. The van der Waals surface area contributed by atoms with E-state index in [9.17, 15) is 19.5 Å². The monoisotopic (exact) mass is 542 g/mol. The van der Waals surface area contributed by atoms with Gasteiger partial charge in [0.1, 0.15) is 6.10 Å². The normalized spacial score (nSPS) is 39.3. The van der Waals surface area contributed by atoms with Gasteiger partial charge >= 0.3 is 17.6 Å². The van der Waals surface area contributed by atoms with E-state index in [2.05, 4.69) is 13.8 Å². The summed E-state index contributed by atoms with van der Waals surface area (Å²) in [6.07, 6.45) is 14.0. The molecule has 1 heterocycles. The highest BCUT2D eigenvalue weighted by molar-refractivity contribution is 5.69. The van der Waals surface area contributed by atoms with Gasteiger partial charge in [-0.1, -0.05) is 26.7 Å². The van der Waals surface area contributed by atoms with Gasteiger partial charge in [0.25, 0.3) is 0 Å². The minimum Gasteiger partial charge on any atom is -0.481 e. The second-order valence-electron chi connectivity index (χ2n) is 13.5. The third-order valence-electron chi connectivity index (χ3n) is 11.7. The van der Waals surface area contributed by atoms with E-state index in [0.717, 1.165) is 82.6 Å². The van der Waals surface area contributed by atoms with Gasteiger partial charge in [-0.15, -0.1) is 0 Å². The molecule has 0 spiro atoms. The quantitative estimate of drug-likeness (QED) is 0.281. The van der Waals surface area contributed by atoms with Crippen LogP contribution in [-0.2, 0) is 14.3 Å². The number of carboxylic acid groups (broad SMARTS) is 1. The zero-order chi connectivity index (χ0) is 27.8. The van der Waals surface area contributed by atoms with Gasteiger partial charge in [-0.3, -0.25) is 9.59 Å². The highest BCUT2D eigenvalue weighted by atomic mass is 16.5. The molecule has 4 aliphatic carbocycles. The van der Waals surface area contributed by atoms with Gasteiger partial charge in [0, 0.05) is 24.3 Å². The number of hydrogen-bond donors (Lipinski definition) is 2. The second-order valence-corrected chi connectivity index (χ2v) is 13.5. The lowest BCUT2D eigenvalue weighted by Gasteiger charge is -2.63. The number of fused-ring (bicyclic) bond motifs is 5. The van der Waals surface area contributed by atoms with Gasteiger partial charge in [-0.05, 0) is 111 Å². The SMILES string of the molecule is C[C@]12CC[C@H](OC(=O)CCCCCCC(=O)O)C[C@H]1CC[C@@H]1[C@@H]2CC[C@]2(C)[C@H](c3ccc(=O)oc3)CC[C@]12O. The predicted octanol–water partition coefficient (Wildman–Crippen LogP) is 6.22. The third-order valence-corrected chi connectivity index (χ3v) is 11.7. The number of rotatable bonds is 9. The number of hydrogen-bond acceptors (Lipinski definition) is 6. The van der Waals surface area contributed by atoms with E-state index in [0.29, 0.717) is 24.7 Å². The largest absolute Gasteiger partial charge is 0.481 e. The van der Waals surface area contributed by atoms with Gasteiger partial charge in [0.2, 0.25) is 0 Å². The average molecular weight is 543 g/mol. The lowest BCUT2D eigenvalue weighted by atomic mass is 9.43. The molecule has 7 nitrogen and oxygen atoms in total. The molecule has 0 saturated heterocycles. The summed E-state index contributed by atoms with van der Waals surface area (Å²) in [7, 11) is 0. The smallest absolute Gasteiger partial charge is 0.335 e. The van der Waals surface area contributed by atoms with Crippen molar-refractivity contribution >= 4 is 11.9 Å². The Balaban J connectivity index is 1.18. The first-order valence-electron chi connectivity index (χ1n) is 15.3. The Kier molecular flexibility index (Phi) is 8.02. The van der Waals surface area contributed by atoms with Crippen molar-refractivity contribution < 1.29 is 29.0 Å². The number of ether oxygens (including phenoxy) is 1. The van der Waals surface area contributed by atoms with E-state index < -0.39 is 11.6 Å². The van der Waals surface area contributed by atoms with Crippen molar-refractivity contribution in [2.24, 2.45) is 28.6 Å². The van der Waals surface area contributed by atoms with Crippen molar-refractivity contribution in [1.29, 1.82) is 0 Å². The van der Waals surface area contributed by atoms with Gasteiger partial charge in [-0.2, -0.15) is 0 Å². The third kappa shape index (κ3) is 5.20. The van der Waals surface area contributed by atoms with Gasteiger partial charge < -0.3 is 19.4 Å². The number of aliphatic carboxylic acids is 1. The van der Waals surface area contributed by atoms with E-state index in [1.165, 1.54) is 6.07 Å². The fourth-order valence-corrected chi connectivity index (χ4v) is 9.54. The molecule has 0 aromatic carbocycles. The Labute approximate surface area is 231 Å². The van der Waals surface area contributed by atoms with Crippen LogP contribution in [-0.4, -0.2) is 33.9 Å². The first-order chi connectivity index (χ1) is 18.6. The van der Waals surface area contributed by atoms with Crippen molar-refractivity contribution in [3.05, 3.63) is 34.4 Å². The number of carbonyl (C=O) groups excluding carboxylic acids is 1. The van der Waals surface area contributed by atoms with Crippen LogP contribution in [0.1, 0.15) is 122 Å². The van der Waals surface area contributed by atoms with Gasteiger partial charge in [0.05, 0.1) is 11.9 Å². The van der Waals surface area contributed by atoms with Crippen LogP contribution in [0.4, 0.5) is 0 Å². The maximum atomic E-state index is 12.5. The molecule has 4 fully saturated rings. The molecule has 5 rings (SSSR count). The van der Waals surface area contributed by atoms with E-state index in [1.807, 2.05) is 6.07 Å². The number of aliphatic hydroxyl groups is 1. The Morgan fingerprint density at radius 3 is 2.44 bits per heavy atom. The minimum atomic E-state index is -0.764. The van der Waals surface area contributed by atoms with Crippen LogP contribution < -0.4 is 5.63 Å². The lowest BCUT2D eigenvalue weighted by molar-refractivity contribution is -0.207. The lowest BCUT2D eigenvalue weighted by Crippen LogP contribution is -2.62. The maximum Gasteiger partial charge on any atom is 0.335 e. The summed E-state index contributed by atoms with van der Waals surface area (Å²) < 4.78 is 11.1. The molecule has 0 unspecified atom stereocenters. The van der Waals surface area contributed by atoms with Crippen molar-refractivity contribution in [3.63, 3.8) is 0 Å². The molecular weight excluding hydrogens is 496 g/mol. The molecule has 0 amide bonds. The molecule has 1 aromatic rings. The number of esters is 1. The topological polar surface area (TPSA) is 114 Å². The molecule has 0 radical (unpaired) electrons. The average Bonchev–Trinajstić information content (AvgIpc) is 3.18. The summed E-state index contributed by atoms with van der Waals surface area (Å²) in [5.41, 5.74) is -0.0730. The fraction of sp³-hybridized carbons (Fsp3) is 0.781. The highest BCUT2D eigenvalue weighted by Crippen LogP contribution is 2.70. The van der Waals surface area contributed by atoms with Crippen LogP contribution in [0.5, 0.6) is 0 Å². The zero-order valence-corrected chi connectivity index (χ0v) is 23.7. The van der Waals surface area contributed by atoms with Crippen LogP contribution in [0.15, 0.2) is 27.6 Å². The summed E-state index contributed by atoms with van der Waals surface area (Å²) >= 11 is 0. The van der Waals surface area contributed by atoms with Crippen molar-refractivity contribution in [2.45, 2.75) is 128 Å². The Morgan fingerprint density at radius 1 is 0.949 bits per heavy atom. The maximum absolute atomic E-state index is 12.5. The summed E-state index contributed by atoms with van der Waals surface area (Å²) in [5, 5.41) is 21.1. The zero-order valence-electron chi connectivity index (χ0n) is 23.7. The van der Waals surface area contributed by atoms with Gasteiger partial charge in [-0.25, -0.2) is 4.79 Å². The Bertz CT molecular complexity index is 1090. The summed E-state index contributed by atoms with van der Waals surface area (Å²) in [6.45, 7) is 4.71. The van der Waals surface area contributed by atoms with Crippen molar-refractivity contribution in [3.8, 4) is 0 Å². The first-order valence-corrected chi connectivity index (χ1v) is 15.3. The number of carbonyl (C=O) groups is 2. The van der Waals surface area contributed by atoms with Crippen molar-refractivity contribution in [2.75, 3.05) is 0 Å². The molecule has 8 atom stereocenters. The van der Waals surface area contributed by atoms with E-state index in [-0.39, 0.29) is 46.8 Å². The minimum absolute atomic E-state index is 0.0142. The highest BCUT2D eigenvalue weighted by Gasteiger charge is 2.67. The standard InChI is InChI=1S/C32H46O7/c1-30-16-13-23(39-29(36)8-6-4-3-5-7-27(33)34)19-22(30)10-11-26-25(30)14-17-31(2)24(15-18-32(26,31)37)21-9-12-28(35)38-20-21/h9,12,20,22-26,37H,3-8,10-11,13-19H2,1-2H3,(H,33,34)/t22-,23+,24+,25+,26-,30+,31-,32+/m1/s1. The molecule has 0 aliphatic heterocycles. The van der Waals surface area contributed by atoms with Crippen LogP contribution in [0.3, 0.4) is 0 Å². The van der Waals surface area contributed by atoms with Crippen LogP contribution in [0.2, 0.25) is 0 Å². The number of unbranched alkanes of at least 4 members (excludes halogenated alkanes) is 3. The molecule has 39 heavy (non-hydrogen) atoms. The Morgan fingerprint density at radius 2 is 1.72 bits per heavy atom. The molecule has 2 N–H and O–H groups in total. The second kappa shape index (κ2) is 11.0. The molecular formula is C32H46O7. The van der Waals surface area contributed by atoms with E-state index in [1.54, 1.807) is 6.26 Å². The Hall–Kier alpha value is -2.15. The first kappa shape index (κ1) is 28.4. The summed E-state index contributed by atoms with van der Waals surface area (Å²) in [5.74, 6) is 0.579. The molecule has 7 heteroatoms. The summed E-state index contributed by atoms with van der Waals surface area (Å²) in [6, 6.07) is 3.39. The molecule has 0 bridgehead atoms. The van der Waals surface area contributed by atoms with Crippen LogP contribution in [0, 0.1) is 28.6 Å². The number of carboxylic acids is 1. The molecule has 4 saturated carbocycles. The van der Waals surface area contributed by atoms with Crippen LogP contribution in [0.25, 0.3) is 0 Å².